The van der Waals surface area contributed by atoms with Gasteiger partial charge in [0.15, 0.2) is 0 Å². The third-order valence-corrected chi connectivity index (χ3v) is 3.70. The molecular weight excluding hydrogens is 230 g/mol. The lowest BCUT2D eigenvalue weighted by molar-refractivity contribution is 0.0368. The summed E-state index contributed by atoms with van der Waals surface area (Å²) >= 11 is 0. The molecule has 3 heterocycles. The van der Waals surface area contributed by atoms with E-state index in [-0.39, 0.29) is 0 Å². The number of hydrogen-bond donors (Lipinski definition) is 1. The van der Waals surface area contributed by atoms with Crippen molar-refractivity contribution in [1.29, 1.82) is 0 Å². The summed E-state index contributed by atoms with van der Waals surface area (Å²) in [5.41, 5.74) is 2.46. The molecule has 0 amide bonds. The first-order chi connectivity index (χ1) is 8.93. The van der Waals surface area contributed by atoms with Gasteiger partial charge in [0, 0.05) is 45.7 Å². The fourth-order valence-electron chi connectivity index (χ4n) is 2.64. The second kappa shape index (κ2) is 5.77. The van der Waals surface area contributed by atoms with Gasteiger partial charge in [0.1, 0.15) is 0 Å². The van der Waals surface area contributed by atoms with Crippen LogP contribution >= 0.6 is 0 Å². The van der Waals surface area contributed by atoms with Gasteiger partial charge in [0.25, 0.3) is 0 Å². The second-order valence-electron chi connectivity index (χ2n) is 4.94. The normalized spacial score (nSPS) is 20.9. The Labute approximate surface area is 107 Å². The van der Waals surface area contributed by atoms with Crippen molar-refractivity contribution in [3.05, 3.63) is 11.4 Å². The first kappa shape index (κ1) is 12.1. The highest BCUT2D eigenvalue weighted by Crippen LogP contribution is 2.10. The zero-order valence-corrected chi connectivity index (χ0v) is 10.8. The van der Waals surface area contributed by atoms with Gasteiger partial charge < -0.3 is 10.1 Å². The number of ether oxygens (including phenoxy) is 1. The van der Waals surface area contributed by atoms with Crippen LogP contribution in [0.3, 0.4) is 0 Å². The summed E-state index contributed by atoms with van der Waals surface area (Å²) in [5, 5.41) is 11.8. The summed E-state index contributed by atoms with van der Waals surface area (Å²) < 4.78 is 7.44. The van der Waals surface area contributed by atoms with Gasteiger partial charge in [0.05, 0.1) is 24.6 Å². The Kier molecular flexibility index (Phi) is 3.87. The van der Waals surface area contributed by atoms with E-state index < -0.39 is 0 Å². The molecule has 2 aliphatic heterocycles. The van der Waals surface area contributed by atoms with Gasteiger partial charge in [-0.2, -0.15) is 0 Å². The molecule has 6 heteroatoms. The third kappa shape index (κ3) is 2.71. The van der Waals surface area contributed by atoms with E-state index in [4.69, 9.17) is 4.74 Å². The summed E-state index contributed by atoms with van der Waals surface area (Å²) in [4.78, 5) is 2.47. The van der Waals surface area contributed by atoms with E-state index in [1.807, 2.05) is 0 Å². The van der Waals surface area contributed by atoms with Crippen LogP contribution in [0.25, 0.3) is 0 Å². The summed E-state index contributed by atoms with van der Waals surface area (Å²) in [6.07, 6.45) is 2.20. The van der Waals surface area contributed by atoms with Crippen LogP contribution in [0.1, 0.15) is 17.8 Å². The van der Waals surface area contributed by atoms with E-state index in [2.05, 4.69) is 25.2 Å². The van der Waals surface area contributed by atoms with Gasteiger partial charge in [-0.1, -0.05) is 5.21 Å². The molecule has 100 valence electrons. The van der Waals surface area contributed by atoms with Crippen LogP contribution in [0.4, 0.5) is 0 Å². The maximum absolute atomic E-state index is 5.35. The SMILES string of the molecule is C(CN1CCOCC1)Cn1nnc2c1CCNC2. The minimum Gasteiger partial charge on any atom is -0.379 e. The Hall–Kier alpha value is -0.980. The predicted molar refractivity (Wildman–Crippen MR) is 67.3 cm³/mol. The highest BCUT2D eigenvalue weighted by Gasteiger charge is 2.16. The number of rotatable bonds is 4. The number of morpholine rings is 1. The fraction of sp³-hybridized carbons (Fsp3) is 0.833. The van der Waals surface area contributed by atoms with Crippen molar-refractivity contribution < 1.29 is 4.74 Å². The van der Waals surface area contributed by atoms with Gasteiger partial charge in [-0.25, -0.2) is 4.68 Å². The standard InChI is InChI=1S/C12H21N5O/c1(4-16-6-8-18-9-7-16)5-17-12-2-3-13-10-11(12)14-15-17/h13H,1-10H2. The molecule has 0 radical (unpaired) electrons. The number of hydrogen-bond acceptors (Lipinski definition) is 5. The predicted octanol–water partition coefficient (Wildman–Crippen LogP) is -0.354. The monoisotopic (exact) mass is 251 g/mol. The maximum atomic E-state index is 5.35. The molecule has 6 nitrogen and oxygen atoms in total. The Bertz CT molecular complexity index is 386. The van der Waals surface area contributed by atoms with Crippen LogP contribution in [-0.4, -0.2) is 59.3 Å². The van der Waals surface area contributed by atoms with Gasteiger partial charge in [-0.15, -0.1) is 5.10 Å². The summed E-state index contributed by atoms with van der Waals surface area (Å²) in [6.45, 7) is 7.94. The molecule has 1 saturated heterocycles. The Morgan fingerprint density at radius 3 is 3.00 bits per heavy atom. The van der Waals surface area contributed by atoms with E-state index in [0.29, 0.717) is 0 Å². The Balaban J connectivity index is 1.49. The molecule has 2 aliphatic rings. The molecule has 0 spiro atoms. The number of nitrogens with zero attached hydrogens (tertiary/aromatic N) is 4. The van der Waals surface area contributed by atoms with Crippen LogP contribution in [0, 0.1) is 0 Å². The zero-order valence-electron chi connectivity index (χ0n) is 10.8. The third-order valence-electron chi connectivity index (χ3n) is 3.70. The lowest BCUT2D eigenvalue weighted by Crippen LogP contribution is -2.37. The molecule has 1 aromatic heterocycles. The Morgan fingerprint density at radius 2 is 2.11 bits per heavy atom. The largest absolute Gasteiger partial charge is 0.379 e. The molecule has 0 saturated carbocycles. The van der Waals surface area contributed by atoms with Gasteiger partial charge >= 0.3 is 0 Å². The number of fused-ring (bicyclic) bond motifs is 1. The molecule has 0 unspecified atom stereocenters. The molecular formula is C12H21N5O. The highest BCUT2D eigenvalue weighted by molar-refractivity contribution is 5.13. The number of nitrogens with one attached hydrogen (secondary N) is 1. The topological polar surface area (TPSA) is 55.2 Å². The van der Waals surface area contributed by atoms with Crippen LogP contribution in [0.2, 0.25) is 0 Å². The summed E-state index contributed by atoms with van der Waals surface area (Å²) in [7, 11) is 0. The van der Waals surface area contributed by atoms with E-state index in [9.17, 15) is 0 Å². The molecule has 0 aromatic carbocycles. The molecule has 18 heavy (non-hydrogen) atoms. The first-order valence-corrected chi connectivity index (χ1v) is 6.85. The van der Waals surface area contributed by atoms with Crippen LogP contribution in [-0.2, 0) is 24.2 Å². The van der Waals surface area contributed by atoms with E-state index in [0.717, 1.165) is 71.0 Å². The maximum Gasteiger partial charge on any atom is 0.0997 e. The van der Waals surface area contributed by atoms with Crippen molar-refractivity contribution in [3.8, 4) is 0 Å². The first-order valence-electron chi connectivity index (χ1n) is 6.85. The smallest absolute Gasteiger partial charge is 0.0997 e. The van der Waals surface area contributed by atoms with Crippen LogP contribution in [0.15, 0.2) is 0 Å². The molecule has 1 N–H and O–H groups in total. The van der Waals surface area contributed by atoms with Gasteiger partial charge in [-0.3, -0.25) is 4.90 Å². The molecule has 0 atom stereocenters. The van der Waals surface area contributed by atoms with Crippen molar-refractivity contribution in [3.63, 3.8) is 0 Å². The average Bonchev–Trinajstić information content (AvgIpc) is 2.84. The second-order valence-corrected chi connectivity index (χ2v) is 4.94. The van der Waals surface area contributed by atoms with Crippen LogP contribution in [0.5, 0.6) is 0 Å². The van der Waals surface area contributed by atoms with E-state index >= 15 is 0 Å². The van der Waals surface area contributed by atoms with Crippen molar-refractivity contribution in [1.82, 2.24) is 25.2 Å². The molecule has 1 fully saturated rings. The molecule has 1 aromatic rings. The zero-order chi connectivity index (χ0) is 12.2. The van der Waals surface area contributed by atoms with Gasteiger partial charge in [-0.05, 0) is 6.42 Å². The van der Waals surface area contributed by atoms with E-state index in [1.54, 1.807) is 0 Å². The fourth-order valence-corrected chi connectivity index (χ4v) is 2.64. The van der Waals surface area contributed by atoms with Crippen molar-refractivity contribution in [2.45, 2.75) is 25.9 Å². The van der Waals surface area contributed by atoms with E-state index in [1.165, 1.54) is 5.69 Å². The van der Waals surface area contributed by atoms with Crippen molar-refractivity contribution in [2.75, 3.05) is 39.4 Å². The van der Waals surface area contributed by atoms with Gasteiger partial charge in [0.2, 0.25) is 0 Å². The Morgan fingerprint density at radius 1 is 1.22 bits per heavy atom. The lowest BCUT2D eigenvalue weighted by atomic mass is 10.2. The molecule has 0 aliphatic carbocycles. The minimum atomic E-state index is 0.874. The van der Waals surface area contributed by atoms with Crippen molar-refractivity contribution in [2.24, 2.45) is 0 Å². The average molecular weight is 251 g/mol. The number of aryl methyl sites for hydroxylation is 1. The minimum absolute atomic E-state index is 0.874. The number of aromatic nitrogens is 3. The summed E-state index contributed by atoms with van der Waals surface area (Å²) in [5.74, 6) is 0. The van der Waals surface area contributed by atoms with Crippen LogP contribution < -0.4 is 5.32 Å². The van der Waals surface area contributed by atoms with Crippen molar-refractivity contribution >= 4 is 0 Å². The molecule has 3 rings (SSSR count). The molecule has 0 bridgehead atoms. The highest BCUT2D eigenvalue weighted by atomic mass is 16.5. The summed E-state index contributed by atoms with van der Waals surface area (Å²) in [6, 6.07) is 0. The lowest BCUT2D eigenvalue weighted by Gasteiger charge is -2.26. The quantitative estimate of drug-likeness (QED) is 0.792.